The summed E-state index contributed by atoms with van der Waals surface area (Å²) in [4.78, 5) is 11.8. The number of carbonyl (C=O) groups excluding carboxylic acids is 1. The minimum atomic E-state index is -0.272. The number of benzene rings is 1. The van der Waals surface area contributed by atoms with Crippen molar-refractivity contribution in [2.45, 2.75) is 34.1 Å². The molecule has 1 rings (SSSR count). The van der Waals surface area contributed by atoms with Crippen LogP contribution >= 0.6 is 0 Å². The summed E-state index contributed by atoms with van der Waals surface area (Å²) in [6.45, 7) is 8.67. The first-order valence-corrected chi connectivity index (χ1v) is 5.83. The van der Waals surface area contributed by atoms with Gasteiger partial charge in [-0.05, 0) is 42.5 Å². The Morgan fingerprint density at radius 2 is 2.00 bits per heavy atom. The van der Waals surface area contributed by atoms with Gasteiger partial charge in [0.05, 0.1) is 12.2 Å². The molecule has 0 amide bonds. The summed E-state index contributed by atoms with van der Waals surface area (Å²) in [5.74, 6) is -0.272. The Hall–Kier alpha value is -1.51. The normalized spacial score (nSPS) is 11.3. The van der Waals surface area contributed by atoms with Crippen molar-refractivity contribution in [1.29, 1.82) is 0 Å². The van der Waals surface area contributed by atoms with Crippen LogP contribution < -0.4 is 5.73 Å². The highest BCUT2D eigenvalue weighted by atomic mass is 16.5. The molecule has 0 atom stereocenters. The lowest BCUT2D eigenvalue weighted by atomic mass is 9.93. The fourth-order valence-corrected chi connectivity index (χ4v) is 1.44. The molecular weight excluding hydrogens is 214 g/mol. The first-order valence-electron chi connectivity index (χ1n) is 5.83. The van der Waals surface area contributed by atoms with Gasteiger partial charge in [-0.1, -0.05) is 20.8 Å². The van der Waals surface area contributed by atoms with Crippen molar-refractivity contribution in [2.24, 2.45) is 5.41 Å². The van der Waals surface area contributed by atoms with E-state index in [9.17, 15) is 4.79 Å². The van der Waals surface area contributed by atoms with Gasteiger partial charge in [0.1, 0.15) is 0 Å². The summed E-state index contributed by atoms with van der Waals surface area (Å²) < 4.78 is 5.25. The van der Waals surface area contributed by atoms with Crippen LogP contribution in [0.15, 0.2) is 18.2 Å². The Bertz CT molecular complexity index is 405. The van der Waals surface area contributed by atoms with E-state index in [2.05, 4.69) is 20.8 Å². The molecule has 17 heavy (non-hydrogen) atoms. The van der Waals surface area contributed by atoms with Gasteiger partial charge in [0.25, 0.3) is 0 Å². The highest BCUT2D eigenvalue weighted by molar-refractivity contribution is 5.91. The maximum Gasteiger partial charge on any atom is 0.338 e. The van der Waals surface area contributed by atoms with Crippen LogP contribution in [0.2, 0.25) is 0 Å². The fourth-order valence-electron chi connectivity index (χ4n) is 1.44. The van der Waals surface area contributed by atoms with Gasteiger partial charge in [-0.3, -0.25) is 0 Å². The molecule has 0 aliphatic carbocycles. The summed E-state index contributed by atoms with van der Waals surface area (Å²) >= 11 is 0. The van der Waals surface area contributed by atoms with E-state index in [4.69, 9.17) is 10.5 Å². The Kier molecular flexibility index (Phi) is 4.16. The predicted octanol–water partition coefficient (Wildman–Crippen LogP) is 3.17. The Balaban J connectivity index is 2.59. The zero-order valence-electron chi connectivity index (χ0n) is 11.0. The number of ether oxygens (including phenoxy) is 1. The van der Waals surface area contributed by atoms with Crippen molar-refractivity contribution in [3.63, 3.8) is 0 Å². The summed E-state index contributed by atoms with van der Waals surface area (Å²) in [5, 5.41) is 0. The Morgan fingerprint density at radius 1 is 1.35 bits per heavy atom. The quantitative estimate of drug-likeness (QED) is 0.646. The molecule has 0 aliphatic heterocycles. The topological polar surface area (TPSA) is 52.3 Å². The number of esters is 1. The van der Waals surface area contributed by atoms with E-state index in [0.717, 1.165) is 12.0 Å². The fraction of sp³-hybridized carbons (Fsp3) is 0.500. The number of nitrogen functional groups attached to an aromatic ring is 1. The van der Waals surface area contributed by atoms with Crippen LogP contribution in [0.1, 0.15) is 43.1 Å². The van der Waals surface area contributed by atoms with Crippen molar-refractivity contribution in [1.82, 2.24) is 0 Å². The number of anilines is 1. The molecule has 0 heterocycles. The van der Waals surface area contributed by atoms with Gasteiger partial charge >= 0.3 is 5.97 Å². The standard InChI is InChI=1S/C14H21NO2/c1-10-9-11(15)5-6-12(10)13(16)17-8-7-14(2,3)4/h5-6,9H,7-8,15H2,1-4H3. The van der Waals surface area contributed by atoms with Crippen LogP contribution in [-0.4, -0.2) is 12.6 Å². The van der Waals surface area contributed by atoms with E-state index >= 15 is 0 Å². The number of hydrogen-bond acceptors (Lipinski definition) is 3. The average molecular weight is 235 g/mol. The van der Waals surface area contributed by atoms with Crippen LogP contribution in [0.25, 0.3) is 0 Å². The molecule has 0 aromatic heterocycles. The van der Waals surface area contributed by atoms with E-state index in [1.54, 1.807) is 18.2 Å². The molecule has 3 nitrogen and oxygen atoms in total. The summed E-state index contributed by atoms with van der Waals surface area (Å²) in [6, 6.07) is 5.21. The lowest BCUT2D eigenvalue weighted by molar-refractivity contribution is 0.0464. The van der Waals surface area contributed by atoms with Crippen molar-refractivity contribution in [2.75, 3.05) is 12.3 Å². The third-order valence-electron chi connectivity index (χ3n) is 2.56. The third-order valence-corrected chi connectivity index (χ3v) is 2.56. The molecule has 0 bridgehead atoms. The summed E-state index contributed by atoms with van der Waals surface area (Å²) in [6.07, 6.45) is 0.854. The Labute approximate surface area is 103 Å². The molecular formula is C14H21NO2. The molecule has 2 N–H and O–H groups in total. The Morgan fingerprint density at radius 3 is 2.53 bits per heavy atom. The van der Waals surface area contributed by atoms with Crippen LogP contribution in [0.4, 0.5) is 5.69 Å². The smallest absolute Gasteiger partial charge is 0.338 e. The van der Waals surface area contributed by atoms with Crippen molar-refractivity contribution in [3.8, 4) is 0 Å². The van der Waals surface area contributed by atoms with Gasteiger partial charge in [-0.15, -0.1) is 0 Å². The molecule has 1 aromatic rings. The summed E-state index contributed by atoms with van der Waals surface area (Å²) in [7, 11) is 0. The molecule has 0 spiro atoms. The first kappa shape index (κ1) is 13.6. The second-order valence-electron chi connectivity index (χ2n) is 5.52. The number of carbonyl (C=O) groups is 1. The zero-order valence-corrected chi connectivity index (χ0v) is 11.0. The van der Waals surface area contributed by atoms with E-state index in [-0.39, 0.29) is 11.4 Å². The molecule has 3 heteroatoms. The minimum Gasteiger partial charge on any atom is -0.462 e. The monoisotopic (exact) mass is 235 g/mol. The van der Waals surface area contributed by atoms with Crippen LogP contribution in [-0.2, 0) is 4.74 Å². The maximum absolute atomic E-state index is 11.8. The average Bonchev–Trinajstić information content (AvgIpc) is 2.15. The predicted molar refractivity (Wildman–Crippen MR) is 69.9 cm³/mol. The lowest BCUT2D eigenvalue weighted by Gasteiger charge is -2.17. The van der Waals surface area contributed by atoms with Crippen molar-refractivity contribution < 1.29 is 9.53 Å². The van der Waals surface area contributed by atoms with E-state index in [1.165, 1.54) is 0 Å². The van der Waals surface area contributed by atoms with Gasteiger partial charge in [0.2, 0.25) is 0 Å². The highest BCUT2D eigenvalue weighted by Gasteiger charge is 2.14. The highest BCUT2D eigenvalue weighted by Crippen LogP contribution is 2.19. The number of rotatable bonds is 3. The largest absolute Gasteiger partial charge is 0.462 e. The van der Waals surface area contributed by atoms with Crippen LogP contribution in [0.5, 0.6) is 0 Å². The molecule has 94 valence electrons. The van der Waals surface area contributed by atoms with E-state index in [0.29, 0.717) is 17.9 Å². The van der Waals surface area contributed by atoms with Crippen molar-refractivity contribution in [3.05, 3.63) is 29.3 Å². The van der Waals surface area contributed by atoms with Crippen molar-refractivity contribution >= 4 is 11.7 Å². The molecule has 0 unspecified atom stereocenters. The molecule has 1 aromatic carbocycles. The second kappa shape index (κ2) is 5.21. The van der Waals surface area contributed by atoms with Gasteiger partial charge in [-0.25, -0.2) is 4.79 Å². The lowest BCUT2D eigenvalue weighted by Crippen LogP contribution is -2.14. The first-order chi connectivity index (χ1) is 7.79. The summed E-state index contributed by atoms with van der Waals surface area (Å²) in [5.41, 5.74) is 7.91. The number of hydrogen-bond donors (Lipinski definition) is 1. The van der Waals surface area contributed by atoms with Gasteiger partial charge in [0.15, 0.2) is 0 Å². The molecule has 0 aliphatic rings. The number of aryl methyl sites for hydroxylation is 1. The zero-order chi connectivity index (χ0) is 13.1. The van der Waals surface area contributed by atoms with Gasteiger partial charge < -0.3 is 10.5 Å². The number of nitrogens with two attached hydrogens (primary N) is 1. The van der Waals surface area contributed by atoms with Crippen LogP contribution in [0, 0.1) is 12.3 Å². The molecule has 0 saturated heterocycles. The SMILES string of the molecule is Cc1cc(N)ccc1C(=O)OCCC(C)(C)C. The molecule has 0 fully saturated rings. The van der Waals surface area contributed by atoms with E-state index < -0.39 is 0 Å². The van der Waals surface area contributed by atoms with Crippen LogP contribution in [0.3, 0.4) is 0 Å². The van der Waals surface area contributed by atoms with E-state index in [1.807, 2.05) is 6.92 Å². The maximum atomic E-state index is 11.8. The second-order valence-corrected chi connectivity index (χ2v) is 5.52. The van der Waals surface area contributed by atoms with Gasteiger partial charge in [-0.2, -0.15) is 0 Å². The molecule has 0 saturated carbocycles. The van der Waals surface area contributed by atoms with Gasteiger partial charge in [0, 0.05) is 5.69 Å². The minimum absolute atomic E-state index is 0.177. The molecule has 0 radical (unpaired) electrons. The third kappa shape index (κ3) is 4.47.